The number of rotatable bonds is 21. The Bertz CT molecular complexity index is 820. The van der Waals surface area contributed by atoms with Gasteiger partial charge in [0.15, 0.2) is 6.29 Å². The first kappa shape index (κ1) is 35.3. The van der Waals surface area contributed by atoms with Crippen molar-refractivity contribution in [2.24, 2.45) is 0 Å². The van der Waals surface area contributed by atoms with Crippen LogP contribution in [0.25, 0.3) is 0 Å². The highest BCUT2D eigenvalue weighted by molar-refractivity contribution is 7.80. The highest BCUT2D eigenvalue weighted by Crippen LogP contribution is 2.24. The Morgan fingerprint density at radius 2 is 1.70 bits per heavy atom. The van der Waals surface area contributed by atoms with Crippen molar-refractivity contribution < 1.29 is 44.1 Å². The number of thiol groups is 1. The molecule has 1 aliphatic heterocycles. The van der Waals surface area contributed by atoms with Crippen molar-refractivity contribution in [1.82, 2.24) is 15.0 Å². The zero-order valence-electron chi connectivity index (χ0n) is 24.5. The molecule has 0 saturated carbocycles. The molecule has 2 heterocycles. The van der Waals surface area contributed by atoms with E-state index in [1.165, 1.54) is 0 Å². The third kappa shape index (κ3) is 11.4. The normalized spacial score (nSPS) is 26.5. The molecule has 4 N–H and O–H groups in total. The first-order valence-corrected chi connectivity index (χ1v) is 15.0. The summed E-state index contributed by atoms with van der Waals surface area (Å²) in [5.41, 5.74) is 0.00830. The Labute approximate surface area is 243 Å². The molecule has 0 amide bonds. The van der Waals surface area contributed by atoms with E-state index in [4.69, 9.17) is 23.7 Å². The second-order valence-corrected chi connectivity index (χ2v) is 11.3. The monoisotopic (exact) mass is 593 g/mol. The molecule has 0 aliphatic carbocycles. The van der Waals surface area contributed by atoms with Gasteiger partial charge in [-0.05, 0) is 51.7 Å². The molecule has 234 valence electrons. The molecule has 1 aromatic rings. The van der Waals surface area contributed by atoms with Crippen LogP contribution in [0.1, 0.15) is 71.9 Å². The van der Waals surface area contributed by atoms with Crippen LogP contribution in [-0.2, 0) is 36.8 Å². The van der Waals surface area contributed by atoms with Gasteiger partial charge in [0.25, 0.3) is 0 Å². The number of hydrogen-bond acceptors (Lipinski definition) is 12. The van der Waals surface area contributed by atoms with Crippen molar-refractivity contribution >= 4 is 12.6 Å². The van der Waals surface area contributed by atoms with Gasteiger partial charge in [-0.3, -0.25) is 0 Å². The van der Waals surface area contributed by atoms with Gasteiger partial charge in [-0.15, -0.1) is 5.10 Å². The summed E-state index contributed by atoms with van der Waals surface area (Å²) in [5, 5.41) is 47.2. The van der Waals surface area contributed by atoms with E-state index in [0.29, 0.717) is 25.5 Å². The molecule has 1 saturated heterocycles. The molecule has 7 unspecified atom stereocenters. The van der Waals surface area contributed by atoms with Gasteiger partial charge >= 0.3 is 0 Å². The molecule has 0 bridgehead atoms. The second kappa shape index (κ2) is 17.9. The van der Waals surface area contributed by atoms with Gasteiger partial charge in [-0.1, -0.05) is 25.5 Å². The minimum atomic E-state index is -1.48. The fourth-order valence-corrected chi connectivity index (χ4v) is 4.40. The third-order valence-corrected chi connectivity index (χ3v) is 7.84. The summed E-state index contributed by atoms with van der Waals surface area (Å²) in [4.78, 5) is 0. The molecule has 1 aliphatic rings. The molecule has 13 heteroatoms. The van der Waals surface area contributed by atoms with E-state index in [1.807, 2.05) is 6.92 Å². The van der Waals surface area contributed by atoms with E-state index < -0.39 is 42.9 Å². The largest absolute Gasteiger partial charge is 0.394 e. The van der Waals surface area contributed by atoms with Crippen molar-refractivity contribution in [3.63, 3.8) is 0 Å². The maximum Gasteiger partial charge on any atom is 0.186 e. The molecule has 12 nitrogen and oxygen atoms in total. The van der Waals surface area contributed by atoms with E-state index in [-0.39, 0.29) is 18.8 Å². The lowest BCUT2D eigenvalue weighted by Crippen LogP contribution is -2.59. The van der Waals surface area contributed by atoms with Crippen LogP contribution in [0.5, 0.6) is 0 Å². The van der Waals surface area contributed by atoms with E-state index in [9.17, 15) is 20.4 Å². The third-order valence-electron chi connectivity index (χ3n) is 7.52. The van der Waals surface area contributed by atoms with Crippen LogP contribution >= 0.6 is 12.6 Å². The molecule has 1 fully saturated rings. The molecular weight excluding hydrogens is 542 g/mol. The van der Waals surface area contributed by atoms with E-state index >= 15 is 0 Å². The smallest absolute Gasteiger partial charge is 0.186 e. The zero-order valence-corrected chi connectivity index (χ0v) is 25.4. The first-order chi connectivity index (χ1) is 19.1. The molecular formula is C27H51N3O9S. The van der Waals surface area contributed by atoms with Gasteiger partial charge < -0.3 is 44.1 Å². The quantitative estimate of drug-likeness (QED) is 0.104. The number of unbranched alkanes of at least 4 members (excludes halogenated alkanes) is 2. The van der Waals surface area contributed by atoms with Crippen LogP contribution in [0.15, 0.2) is 6.20 Å². The summed E-state index contributed by atoms with van der Waals surface area (Å²) in [6.07, 6.45) is 1.02. The minimum absolute atomic E-state index is 0.101. The van der Waals surface area contributed by atoms with Gasteiger partial charge in [0, 0.05) is 6.61 Å². The Balaban J connectivity index is 1.70. The molecule has 7 atom stereocenters. The summed E-state index contributed by atoms with van der Waals surface area (Å²) in [5.74, 6) is 0.915. The lowest BCUT2D eigenvalue weighted by atomic mass is 9.98. The number of hydrogen-bond donors (Lipinski definition) is 5. The number of aliphatic hydroxyl groups is 4. The van der Waals surface area contributed by atoms with Crippen LogP contribution in [0, 0.1) is 0 Å². The topological polar surface area (TPSA) is 158 Å². The Kier molecular flexibility index (Phi) is 15.8. The maximum atomic E-state index is 10.1. The minimum Gasteiger partial charge on any atom is -0.394 e. The van der Waals surface area contributed by atoms with Crippen LogP contribution in [0.3, 0.4) is 0 Å². The van der Waals surface area contributed by atoms with Crippen molar-refractivity contribution in [2.75, 3.05) is 38.8 Å². The van der Waals surface area contributed by atoms with Gasteiger partial charge in [0.2, 0.25) is 0 Å². The van der Waals surface area contributed by atoms with Gasteiger partial charge in [-0.25, -0.2) is 4.68 Å². The van der Waals surface area contributed by atoms with Gasteiger partial charge in [0.1, 0.15) is 30.1 Å². The average Bonchev–Trinajstić information content (AvgIpc) is 3.40. The predicted molar refractivity (Wildman–Crippen MR) is 151 cm³/mol. The van der Waals surface area contributed by atoms with Crippen LogP contribution in [-0.4, -0.2) is 116 Å². The van der Waals surface area contributed by atoms with Crippen molar-refractivity contribution in [1.29, 1.82) is 0 Å². The summed E-state index contributed by atoms with van der Waals surface area (Å²) in [7, 11) is 0. The van der Waals surface area contributed by atoms with Crippen molar-refractivity contribution in [3.8, 4) is 0 Å². The summed E-state index contributed by atoms with van der Waals surface area (Å²) in [6, 6.07) is 0. The van der Waals surface area contributed by atoms with Gasteiger partial charge in [-0.2, -0.15) is 12.6 Å². The maximum absolute atomic E-state index is 10.1. The second-order valence-electron chi connectivity index (χ2n) is 10.9. The standard InChI is InChI=1S/C27H51N3O9S/c1-5-26(3,37-12-8-7-9-15-40)10-13-38-27(4,6-2)19-35-18-20-16-30(29-28-20)11-14-36-25-24(34)23(33)22(32)21(17-31)39-25/h16,21-25,31-34,40H,5-15,17-19H2,1-4H3. The van der Waals surface area contributed by atoms with Crippen LogP contribution in [0.2, 0.25) is 0 Å². The fourth-order valence-electron chi connectivity index (χ4n) is 4.17. The zero-order chi connectivity index (χ0) is 29.6. The number of nitrogens with zero attached hydrogens (tertiary/aromatic N) is 3. The average molecular weight is 594 g/mol. The number of aromatic nitrogens is 3. The van der Waals surface area contributed by atoms with Crippen LogP contribution < -0.4 is 0 Å². The highest BCUT2D eigenvalue weighted by Gasteiger charge is 2.44. The molecule has 2 rings (SSSR count). The van der Waals surface area contributed by atoms with Gasteiger partial charge in [0.05, 0.1) is 57.0 Å². The molecule has 0 radical (unpaired) electrons. The lowest BCUT2D eigenvalue weighted by Gasteiger charge is -2.39. The number of ether oxygens (including phenoxy) is 5. The molecule has 1 aromatic heterocycles. The Morgan fingerprint density at radius 1 is 0.975 bits per heavy atom. The highest BCUT2D eigenvalue weighted by atomic mass is 32.1. The Hall–Kier alpha value is -0.870. The summed E-state index contributed by atoms with van der Waals surface area (Å²) < 4.78 is 30.8. The fraction of sp³-hybridized carbons (Fsp3) is 0.926. The SMILES string of the molecule is CCC(C)(CCOC(C)(CC)COCc1cn(CCOC2OC(CO)C(O)C(O)C2O)nn1)OCCCCCS. The summed E-state index contributed by atoms with van der Waals surface area (Å²) >= 11 is 4.26. The van der Waals surface area contributed by atoms with E-state index in [1.54, 1.807) is 10.9 Å². The molecule has 40 heavy (non-hydrogen) atoms. The van der Waals surface area contributed by atoms with Crippen molar-refractivity contribution in [2.45, 2.75) is 121 Å². The molecule has 0 aromatic carbocycles. The van der Waals surface area contributed by atoms with E-state index in [0.717, 1.165) is 50.9 Å². The first-order valence-electron chi connectivity index (χ1n) is 14.4. The van der Waals surface area contributed by atoms with E-state index in [2.05, 4.69) is 43.7 Å². The number of aliphatic hydroxyl groups excluding tert-OH is 4. The lowest BCUT2D eigenvalue weighted by molar-refractivity contribution is -0.301. The van der Waals surface area contributed by atoms with Crippen molar-refractivity contribution in [3.05, 3.63) is 11.9 Å². The van der Waals surface area contributed by atoms with Crippen LogP contribution in [0.4, 0.5) is 0 Å². The Morgan fingerprint density at radius 3 is 2.38 bits per heavy atom. The molecule has 0 spiro atoms. The predicted octanol–water partition coefficient (Wildman–Crippen LogP) is 1.47. The summed E-state index contributed by atoms with van der Waals surface area (Å²) in [6.45, 7) is 10.3.